The van der Waals surface area contributed by atoms with Gasteiger partial charge < -0.3 is 20.1 Å². The predicted molar refractivity (Wildman–Crippen MR) is 68.5 cm³/mol. The van der Waals surface area contributed by atoms with Gasteiger partial charge in [-0.2, -0.15) is 5.26 Å². The van der Waals surface area contributed by atoms with E-state index in [2.05, 4.69) is 5.32 Å². The molecule has 0 spiro atoms. The molecular weight excluding hydrogens is 250 g/mol. The molecule has 0 saturated heterocycles. The first-order valence-corrected chi connectivity index (χ1v) is 6.11. The van der Waals surface area contributed by atoms with Crippen LogP contribution < -0.4 is 5.32 Å². The van der Waals surface area contributed by atoms with Crippen molar-refractivity contribution in [2.75, 3.05) is 33.4 Å². The number of hydrogen-bond acceptors (Lipinski definition) is 4. The van der Waals surface area contributed by atoms with Crippen LogP contribution in [0.3, 0.4) is 0 Å². The van der Waals surface area contributed by atoms with E-state index in [9.17, 15) is 9.59 Å². The molecule has 1 unspecified atom stereocenters. The minimum absolute atomic E-state index is 0.0105. The lowest BCUT2D eigenvalue weighted by Gasteiger charge is -2.22. The molecule has 7 nitrogen and oxygen atoms in total. The normalized spacial score (nSPS) is 11.4. The largest absolute Gasteiger partial charge is 0.481 e. The van der Waals surface area contributed by atoms with E-state index in [1.807, 2.05) is 6.07 Å². The lowest BCUT2D eigenvalue weighted by atomic mass is 10.1. The van der Waals surface area contributed by atoms with E-state index in [0.717, 1.165) is 0 Å². The summed E-state index contributed by atoms with van der Waals surface area (Å²) in [5.41, 5.74) is 0. The molecule has 0 radical (unpaired) electrons. The van der Waals surface area contributed by atoms with Crippen LogP contribution >= 0.6 is 0 Å². The van der Waals surface area contributed by atoms with Gasteiger partial charge in [-0.3, -0.25) is 4.79 Å². The number of nitrogens with zero attached hydrogens (tertiary/aromatic N) is 2. The van der Waals surface area contributed by atoms with Crippen molar-refractivity contribution in [1.29, 1.82) is 5.26 Å². The lowest BCUT2D eigenvalue weighted by molar-refractivity contribution is -0.137. The van der Waals surface area contributed by atoms with Crippen LogP contribution in [0, 0.1) is 17.2 Å². The van der Waals surface area contributed by atoms with Gasteiger partial charge in [-0.15, -0.1) is 0 Å². The first-order valence-electron chi connectivity index (χ1n) is 6.11. The van der Waals surface area contributed by atoms with Crippen molar-refractivity contribution in [3.8, 4) is 6.07 Å². The Morgan fingerprint density at radius 3 is 2.68 bits per heavy atom. The summed E-state index contributed by atoms with van der Waals surface area (Å²) in [5, 5.41) is 19.8. The number of rotatable bonds is 9. The van der Waals surface area contributed by atoms with Crippen molar-refractivity contribution in [2.24, 2.45) is 5.92 Å². The summed E-state index contributed by atoms with van der Waals surface area (Å²) in [6.45, 7) is 3.17. The van der Waals surface area contributed by atoms with Gasteiger partial charge in [0.2, 0.25) is 0 Å². The van der Waals surface area contributed by atoms with Crippen LogP contribution in [0.4, 0.5) is 4.79 Å². The van der Waals surface area contributed by atoms with E-state index >= 15 is 0 Å². The van der Waals surface area contributed by atoms with Gasteiger partial charge in [-0.1, -0.05) is 6.92 Å². The van der Waals surface area contributed by atoms with Crippen molar-refractivity contribution in [2.45, 2.75) is 19.8 Å². The minimum atomic E-state index is -0.887. The molecule has 19 heavy (non-hydrogen) atoms. The van der Waals surface area contributed by atoms with Crippen molar-refractivity contribution in [3.05, 3.63) is 0 Å². The monoisotopic (exact) mass is 271 g/mol. The van der Waals surface area contributed by atoms with Gasteiger partial charge in [-0.25, -0.2) is 4.79 Å². The summed E-state index contributed by atoms with van der Waals surface area (Å²) in [4.78, 5) is 23.8. The second kappa shape index (κ2) is 10.1. The molecule has 0 saturated carbocycles. The number of carboxylic acid groups (broad SMARTS) is 1. The summed E-state index contributed by atoms with van der Waals surface area (Å²) in [7, 11) is 1.54. The van der Waals surface area contributed by atoms with Gasteiger partial charge in [0.15, 0.2) is 0 Å². The number of ether oxygens (including phenoxy) is 1. The van der Waals surface area contributed by atoms with E-state index < -0.39 is 5.97 Å². The fourth-order valence-corrected chi connectivity index (χ4v) is 1.44. The van der Waals surface area contributed by atoms with Crippen molar-refractivity contribution >= 4 is 12.0 Å². The van der Waals surface area contributed by atoms with E-state index in [1.165, 1.54) is 12.0 Å². The molecule has 0 aromatic rings. The highest BCUT2D eigenvalue weighted by atomic mass is 16.5. The Morgan fingerprint density at radius 2 is 2.16 bits per heavy atom. The first kappa shape index (κ1) is 17.2. The number of amides is 2. The molecule has 1 atom stereocenters. The highest BCUT2D eigenvalue weighted by Crippen LogP contribution is 2.00. The van der Waals surface area contributed by atoms with Gasteiger partial charge in [0.25, 0.3) is 0 Å². The maximum Gasteiger partial charge on any atom is 0.317 e. The Balaban J connectivity index is 4.15. The maximum atomic E-state index is 11.8. The van der Waals surface area contributed by atoms with E-state index in [4.69, 9.17) is 15.1 Å². The number of urea groups is 1. The lowest BCUT2D eigenvalue weighted by Crippen LogP contribution is -2.43. The summed E-state index contributed by atoms with van der Waals surface area (Å²) in [6.07, 6.45) is 0.262. The van der Waals surface area contributed by atoms with Crippen LogP contribution in [0.5, 0.6) is 0 Å². The van der Waals surface area contributed by atoms with Crippen LogP contribution in [-0.4, -0.2) is 55.4 Å². The highest BCUT2D eigenvalue weighted by Gasteiger charge is 2.14. The number of nitrogens with one attached hydrogen (secondary N) is 1. The number of aliphatic carboxylic acids is 1. The maximum absolute atomic E-state index is 11.8. The molecule has 0 aromatic carbocycles. The zero-order valence-corrected chi connectivity index (χ0v) is 11.4. The molecular formula is C12H21N3O4. The molecule has 2 N–H and O–H groups in total. The number of methoxy groups -OCH3 is 1. The first-order chi connectivity index (χ1) is 9.01. The fraction of sp³-hybridized carbons (Fsp3) is 0.750. The van der Waals surface area contributed by atoms with Gasteiger partial charge in [-0.05, 0) is 5.92 Å². The zero-order chi connectivity index (χ0) is 14.7. The van der Waals surface area contributed by atoms with E-state index in [0.29, 0.717) is 26.2 Å². The Bertz CT molecular complexity index is 327. The van der Waals surface area contributed by atoms with Gasteiger partial charge in [0.05, 0.1) is 19.1 Å². The molecule has 0 aliphatic rings. The molecule has 0 rings (SSSR count). The fourth-order valence-electron chi connectivity index (χ4n) is 1.44. The Morgan fingerprint density at radius 1 is 1.47 bits per heavy atom. The van der Waals surface area contributed by atoms with Gasteiger partial charge in [0.1, 0.15) is 0 Å². The number of nitriles is 1. The summed E-state index contributed by atoms with van der Waals surface area (Å²) in [5.74, 6) is -1.02. The Labute approximate surface area is 113 Å². The van der Waals surface area contributed by atoms with Crippen LogP contribution in [0.1, 0.15) is 19.8 Å². The molecule has 108 valence electrons. The molecule has 7 heteroatoms. The average molecular weight is 271 g/mol. The van der Waals surface area contributed by atoms with Gasteiger partial charge >= 0.3 is 12.0 Å². The number of carbonyl (C=O) groups excluding carboxylic acids is 1. The molecule has 0 aromatic heterocycles. The second-order valence-electron chi connectivity index (χ2n) is 4.28. The molecule has 0 aliphatic carbocycles. The standard InChI is InChI=1S/C12H21N3O4/c1-10(8-11(16)17)9-14-12(18)15(5-3-4-13)6-7-19-2/h10H,3,5-9H2,1-2H3,(H,14,18)(H,16,17). The summed E-state index contributed by atoms with van der Waals surface area (Å²) in [6, 6.07) is 1.68. The molecule has 0 bridgehead atoms. The third-order valence-electron chi connectivity index (χ3n) is 2.47. The van der Waals surface area contributed by atoms with Crippen molar-refractivity contribution in [3.63, 3.8) is 0 Å². The quantitative estimate of drug-likeness (QED) is 0.641. The average Bonchev–Trinajstić information content (AvgIpc) is 2.35. The smallest absolute Gasteiger partial charge is 0.317 e. The third kappa shape index (κ3) is 8.85. The van der Waals surface area contributed by atoms with Gasteiger partial charge in [0, 0.05) is 33.2 Å². The van der Waals surface area contributed by atoms with Crippen LogP contribution in [0.25, 0.3) is 0 Å². The summed E-state index contributed by atoms with van der Waals surface area (Å²) < 4.78 is 4.90. The van der Waals surface area contributed by atoms with E-state index in [-0.39, 0.29) is 24.8 Å². The van der Waals surface area contributed by atoms with Crippen LogP contribution in [0.15, 0.2) is 0 Å². The number of carboxylic acids is 1. The van der Waals surface area contributed by atoms with Crippen LogP contribution in [0.2, 0.25) is 0 Å². The second-order valence-corrected chi connectivity index (χ2v) is 4.28. The third-order valence-corrected chi connectivity index (χ3v) is 2.47. The summed E-state index contributed by atoms with van der Waals surface area (Å²) >= 11 is 0. The predicted octanol–water partition coefficient (Wildman–Crippen LogP) is 0.669. The zero-order valence-electron chi connectivity index (χ0n) is 11.4. The number of carbonyl (C=O) groups is 2. The topological polar surface area (TPSA) is 103 Å². The molecule has 2 amide bonds. The molecule has 0 aliphatic heterocycles. The van der Waals surface area contributed by atoms with Crippen LogP contribution in [-0.2, 0) is 9.53 Å². The minimum Gasteiger partial charge on any atom is -0.481 e. The van der Waals surface area contributed by atoms with Crippen molar-refractivity contribution < 1.29 is 19.4 Å². The molecule has 0 fully saturated rings. The number of hydrogen-bond donors (Lipinski definition) is 2. The SMILES string of the molecule is COCCN(CCC#N)C(=O)NCC(C)CC(=O)O. The Kier molecular flexibility index (Phi) is 9.18. The molecule has 0 heterocycles. The highest BCUT2D eigenvalue weighted by molar-refractivity contribution is 5.74. The Hall–Kier alpha value is -1.81. The van der Waals surface area contributed by atoms with E-state index in [1.54, 1.807) is 6.92 Å². The van der Waals surface area contributed by atoms with Crippen molar-refractivity contribution in [1.82, 2.24) is 10.2 Å².